The summed E-state index contributed by atoms with van der Waals surface area (Å²) in [5, 5.41) is 0.0255. The summed E-state index contributed by atoms with van der Waals surface area (Å²) in [5.41, 5.74) is 6.20. The van der Waals surface area contributed by atoms with Gasteiger partial charge >= 0.3 is 0 Å². The maximum absolute atomic E-state index is 11.1. The van der Waals surface area contributed by atoms with Crippen LogP contribution in [-0.4, -0.2) is 16.8 Å². The van der Waals surface area contributed by atoms with Gasteiger partial charge in [0.1, 0.15) is 0 Å². The number of carbonyl (C=O) groups excluding carboxylic acids is 2. The molecule has 0 unspecified atom stereocenters. The summed E-state index contributed by atoms with van der Waals surface area (Å²) in [5.74, 6) is 5.56. The van der Waals surface area contributed by atoms with Crippen molar-refractivity contribution in [2.45, 2.75) is 6.92 Å². The van der Waals surface area contributed by atoms with Crippen LogP contribution in [0.5, 0.6) is 0 Å². The molecule has 1 aromatic carbocycles. The molecule has 3 nitrogen and oxygen atoms in total. The summed E-state index contributed by atoms with van der Waals surface area (Å²) >= 11 is 1.14. The van der Waals surface area contributed by atoms with Crippen LogP contribution in [0.15, 0.2) is 24.3 Å². The van der Waals surface area contributed by atoms with Gasteiger partial charge < -0.3 is 5.73 Å². The zero-order valence-corrected chi connectivity index (χ0v) is 9.64. The summed E-state index contributed by atoms with van der Waals surface area (Å²) in [7, 11) is 0. The molecule has 0 aromatic heterocycles. The molecular weight excluding hydrogens is 222 g/mol. The van der Waals surface area contributed by atoms with Crippen molar-refractivity contribution in [2.75, 3.05) is 5.75 Å². The average molecular weight is 233 g/mol. The van der Waals surface area contributed by atoms with E-state index in [1.165, 1.54) is 6.92 Å². The minimum Gasteiger partial charge on any atom is -0.366 e. The molecule has 1 amide bonds. The standard InChI is InChI=1S/C12H11NO2S/c1-9(14)16-8-4-6-10-5-2-3-7-11(10)12(13)15/h2-3,5,7H,8H2,1H3,(H2,13,15). The van der Waals surface area contributed by atoms with Crippen molar-refractivity contribution < 1.29 is 9.59 Å². The fraction of sp³-hybridized carbons (Fsp3) is 0.167. The van der Waals surface area contributed by atoms with Crippen LogP contribution in [0, 0.1) is 11.8 Å². The number of thioether (sulfide) groups is 1. The van der Waals surface area contributed by atoms with Crippen LogP contribution in [0.1, 0.15) is 22.8 Å². The van der Waals surface area contributed by atoms with Crippen molar-refractivity contribution in [3.05, 3.63) is 35.4 Å². The van der Waals surface area contributed by atoms with Crippen LogP contribution in [0.4, 0.5) is 0 Å². The number of benzene rings is 1. The van der Waals surface area contributed by atoms with Gasteiger partial charge in [0.25, 0.3) is 0 Å². The molecule has 0 saturated carbocycles. The molecule has 0 aliphatic carbocycles. The lowest BCUT2D eigenvalue weighted by Gasteiger charge is -1.97. The van der Waals surface area contributed by atoms with Crippen LogP contribution in [0.3, 0.4) is 0 Å². The SMILES string of the molecule is CC(=O)SCC#Cc1ccccc1C(N)=O. The highest BCUT2D eigenvalue weighted by Crippen LogP contribution is 2.06. The fourth-order valence-corrected chi connectivity index (χ4v) is 1.42. The Labute approximate surface area is 98.4 Å². The van der Waals surface area contributed by atoms with Crippen LogP contribution in [0.25, 0.3) is 0 Å². The Hall–Kier alpha value is -1.73. The van der Waals surface area contributed by atoms with E-state index in [2.05, 4.69) is 11.8 Å². The van der Waals surface area contributed by atoms with Crippen molar-refractivity contribution >= 4 is 22.8 Å². The Kier molecular flexibility index (Phi) is 4.62. The minimum absolute atomic E-state index is 0.0255. The summed E-state index contributed by atoms with van der Waals surface area (Å²) in [6, 6.07) is 6.88. The molecule has 0 radical (unpaired) electrons. The molecule has 0 aliphatic rings. The molecule has 1 aromatic rings. The second-order valence-corrected chi connectivity index (χ2v) is 4.14. The molecule has 2 N–H and O–H groups in total. The number of primary amides is 1. The molecule has 0 heterocycles. The van der Waals surface area contributed by atoms with Crippen LogP contribution in [0.2, 0.25) is 0 Å². The van der Waals surface area contributed by atoms with E-state index in [0.717, 1.165) is 11.8 Å². The second kappa shape index (κ2) is 5.99. The van der Waals surface area contributed by atoms with Crippen molar-refractivity contribution in [1.82, 2.24) is 0 Å². The summed E-state index contributed by atoms with van der Waals surface area (Å²) in [4.78, 5) is 21.7. The molecule has 4 heteroatoms. The maximum Gasteiger partial charge on any atom is 0.249 e. The predicted molar refractivity (Wildman–Crippen MR) is 65.0 cm³/mol. The van der Waals surface area contributed by atoms with Gasteiger partial charge in [-0.05, 0) is 12.1 Å². The van der Waals surface area contributed by atoms with Gasteiger partial charge in [-0.25, -0.2) is 0 Å². The van der Waals surface area contributed by atoms with Crippen molar-refractivity contribution in [2.24, 2.45) is 5.73 Å². The number of carbonyl (C=O) groups is 2. The third-order valence-electron chi connectivity index (χ3n) is 1.76. The van der Waals surface area contributed by atoms with E-state index in [-0.39, 0.29) is 5.12 Å². The first-order valence-electron chi connectivity index (χ1n) is 4.62. The first kappa shape index (κ1) is 12.3. The smallest absolute Gasteiger partial charge is 0.249 e. The molecule has 16 heavy (non-hydrogen) atoms. The molecule has 0 aliphatic heterocycles. The molecular formula is C12H11NO2S. The highest BCUT2D eigenvalue weighted by molar-refractivity contribution is 8.13. The third kappa shape index (κ3) is 3.79. The van der Waals surface area contributed by atoms with E-state index in [9.17, 15) is 9.59 Å². The highest BCUT2D eigenvalue weighted by atomic mass is 32.2. The Morgan fingerprint density at radius 2 is 2.06 bits per heavy atom. The molecule has 0 bridgehead atoms. The van der Waals surface area contributed by atoms with Gasteiger partial charge in [0.15, 0.2) is 5.12 Å². The lowest BCUT2D eigenvalue weighted by molar-refractivity contribution is -0.109. The van der Waals surface area contributed by atoms with Gasteiger partial charge in [-0.2, -0.15) is 0 Å². The van der Waals surface area contributed by atoms with Crippen LogP contribution >= 0.6 is 11.8 Å². The molecule has 0 fully saturated rings. The Morgan fingerprint density at radius 3 is 2.69 bits per heavy atom. The maximum atomic E-state index is 11.1. The van der Waals surface area contributed by atoms with Crippen molar-refractivity contribution in [3.63, 3.8) is 0 Å². The summed E-state index contributed by atoms with van der Waals surface area (Å²) in [6.07, 6.45) is 0. The van der Waals surface area contributed by atoms with Crippen LogP contribution in [-0.2, 0) is 4.79 Å². The number of hydrogen-bond donors (Lipinski definition) is 1. The lowest BCUT2D eigenvalue weighted by Crippen LogP contribution is -2.12. The van der Waals surface area contributed by atoms with Gasteiger partial charge in [-0.1, -0.05) is 35.7 Å². The Balaban J connectivity index is 2.80. The quantitative estimate of drug-likeness (QED) is 0.786. The van der Waals surface area contributed by atoms with E-state index >= 15 is 0 Å². The third-order valence-corrected chi connectivity index (χ3v) is 2.46. The van der Waals surface area contributed by atoms with Crippen molar-refractivity contribution in [1.29, 1.82) is 0 Å². The predicted octanol–water partition coefficient (Wildman–Crippen LogP) is 1.42. The first-order valence-corrected chi connectivity index (χ1v) is 5.61. The van der Waals surface area contributed by atoms with Gasteiger partial charge in [0.05, 0.1) is 11.3 Å². The van der Waals surface area contributed by atoms with E-state index < -0.39 is 5.91 Å². The van der Waals surface area contributed by atoms with Crippen molar-refractivity contribution in [3.8, 4) is 11.8 Å². The normalized spacial score (nSPS) is 9.06. The van der Waals surface area contributed by atoms with E-state index in [4.69, 9.17) is 5.73 Å². The van der Waals surface area contributed by atoms with Gasteiger partial charge in [-0.15, -0.1) is 0 Å². The number of rotatable bonds is 2. The topological polar surface area (TPSA) is 60.2 Å². The lowest BCUT2D eigenvalue weighted by atomic mass is 10.1. The largest absolute Gasteiger partial charge is 0.366 e. The van der Waals surface area contributed by atoms with Gasteiger partial charge in [0, 0.05) is 12.5 Å². The molecule has 0 atom stereocenters. The zero-order valence-electron chi connectivity index (χ0n) is 8.82. The van der Waals surface area contributed by atoms with Crippen LogP contribution < -0.4 is 5.73 Å². The van der Waals surface area contributed by atoms with Gasteiger partial charge in [0.2, 0.25) is 5.91 Å². The fourth-order valence-electron chi connectivity index (χ4n) is 1.08. The monoisotopic (exact) mass is 233 g/mol. The first-order chi connectivity index (χ1) is 7.61. The number of nitrogens with two attached hydrogens (primary N) is 1. The van der Waals surface area contributed by atoms with Gasteiger partial charge in [-0.3, -0.25) is 9.59 Å². The van der Waals surface area contributed by atoms with E-state index in [1.807, 2.05) is 0 Å². The number of amides is 1. The number of hydrogen-bond acceptors (Lipinski definition) is 3. The van der Waals surface area contributed by atoms with E-state index in [0.29, 0.717) is 16.9 Å². The average Bonchev–Trinajstić information content (AvgIpc) is 2.24. The van der Waals surface area contributed by atoms with E-state index in [1.54, 1.807) is 24.3 Å². The molecule has 0 saturated heterocycles. The summed E-state index contributed by atoms with van der Waals surface area (Å²) < 4.78 is 0. The highest BCUT2D eigenvalue weighted by Gasteiger charge is 2.03. The Bertz CT molecular complexity index is 471. The Morgan fingerprint density at radius 1 is 1.38 bits per heavy atom. The second-order valence-electron chi connectivity index (χ2n) is 2.99. The molecule has 0 spiro atoms. The molecule has 82 valence electrons. The summed E-state index contributed by atoms with van der Waals surface area (Å²) in [6.45, 7) is 1.49. The molecule has 1 rings (SSSR count). The minimum atomic E-state index is -0.496. The zero-order chi connectivity index (χ0) is 12.0.